The number of carbonyl (C=O) groups excluding carboxylic acids is 1. The minimum atomic E-state index is -3.14. The van der Waals surface area contributed by atoms with Gasteiger partial charge in [-0.1, -0.05) is 25.7 Å². The topological polar surface area (TPSA) is 52.6 Å². The summed E-state index contributed by atoms with van der Waals surface area (Å²) >= 11 is 0. The smallest absolute Gasteiger partial charge is 0.312 e. The maximum absolute atomic E-state index is 11.6. The molecule has 0 N–H and O–H groups in total. The van der Waals surface area contributed by atoms with Crippen molar-refractivity contribution in [3.8, 4) is 0 Å². The molecule has 0 spiro atoms. The van der Waals surface area contributed by atoms with Gasteiger partial charge >= 0.3 is 7.60 Å². The monoisotopic (exact) mass is 248 g/mol. The average molecular weight is 248 g/mol. The second-order valence-electron chi connectivity index (χ2n) is 4.36. The largest absolute Gasteiger partial charge is 0.337 e. The lowest BCUT2D eigenvalue weighted by Crippen LogP contribution is -2.07. The van der Waals surface area contributed by atoms with Crippen LogP contribution in [-0.2, 0) is 18.4 Å². The summed E-state index contributed by atoms with van der Waals surface area (Å²) < 4.78 is 21.1. The molecule has 0 radical (unpaired) electrons. The molecule has 4 nitrogen and oxygen atoms in total. The fraction of sp³-hybridized carbons (Fsp3) is 0.909. The molecule has 0 bridgehead atoms. The quantitative estimate of drug-likeness (QED) is 0.465. The molecule has 1 fully saturated rings. The fourth-order valence-corrected chi connectivity index (χ4v) is 2.66. The summed E-state index contributed by atoms with van der Waals surface area (Å²) in [4.78, 5) is 11.5. The molecule has 0 aromatic heterocycles. The van der Waals surface area contributed by atoms with Crippen molar-refractivity contribution >= 4 is 13.4 Å². The standard InChI is InChI=1S/C11H21O4P/c1-14-16(13,15-2)9-11(12)6-4-3-5-10-7-8-10/h10H,3-9H2,1-2H3. The molecule has 0 heterocycles. The first-order valence-electron chi connectivity index (χ1n) is 5.82. The van der Waals surface area contributed by atoms with Gasteiger partial charge in [-0.25, -0.2) is 0 Å². The zero-order valence-corrected chi connectivity index (χ0v) is 11.0. The molecule has 5 heteroatoms. The minimum Gasteiger partial charge on any atom is -0.312 e. The van der Waals surface area contributed by atoms with Crippen molar-refractivity contribution in [3.63, 3.8) is 0 Å². The van der Waals surface area contributed by atoms with Crippen molar-refractivity contribution in [2.45, 2.75) is 38.5 Å². The first kappa shape index (κ1) is 13.9. The molecular weight excluding hydrogens is 227 g/mol. The minimum absolute atomic E-state index is 0.0252. The maximum atomic E-state index is 11.6. The first-order chi connectivity index (χ1) is 7.59. The van der Waals surface area contributed by atoms with Gasteiger partial charge in [-0.3, -0.25) is 9.36 Å². The van der Waals surface area contributed by atoms with Crippen molar-refractivity contribution in [1.29, 1.82) is 0 Å². The normalized spacial score (nSPS) is 16.4. The Morgan fingerprint density at radius 3 is 2.38 bits per heavy atom. The van der Waals surface area contributed by atoms with Crippen LogP contribution in [0.2, 0.25) is 0 Å². The lowest BCUT2D eigenvalue weighted by molar-refractivity contribution is -0.117. The van der Waals surface area contributed by atoms with E-state index in [1.54, 1.807) is 0 Å². The molecule has 16 heavy (non-hydrogen) atoms. The van der Waals surface area contributed by atoms with Crippen LogP contribution in [0.4, 0.5) is 0 Å². The second-order valence-corrected chi connectivity index (χ2v) is 6.63. The van der Waals surface area contributed by atoms with Crippen LogP contribution in [0.25, 0.3) is 0 Å². The zero-order chi connectivity index (χ0) is 12.0. The molecular formula is C11H21O4P. The zero-order valence-electron chi connectivity index (χ0n) is 10.1. The van der Waals surface area contributed by atoms with Crippen LogP contribution >= 0.6 is 7.60 Å². The van der Waals surface area contributed by atoms with Crippen LogP contribution in [0, 0.1) is 5.92 Å². The highest BCUT2D eigenvalue weighted by molar-refractivity contribution is 7.54. The number of hydrogen-bond acceptors (Lipinski definition) is 4. The third-order valence-electron chi connectivity index (χ3n) is 2.94. The van der Waals surface area contributed by atoms with Crippen molar-refractivity contribution in [2.24, 2.45) is 5.92 Å². The molecule has 0 unspecified atom stereocenters. The molecule has 0 aromatic carbocycles. The molecule has 94 valence electrons. The van der Waals surface area contributed by atoms with Gasteiger partial charge in [-0.05, 0) is 12.3 Å². The third-order valence-corrected chi connectivity index (χ3v) is 4.79. The Kier molecular flexibility index (Phi) is 5.67. The van der Waals surface area contributed by atoms with E-state index in [0.717, 1.165) is 18.8 Å². The van der Waals surface area contributed by atoms with Crippen molar-refractivity contribution in [2.75, 3.05) is 20.4 Å². The maximum Gasteiger partial charge on any atom is 0.337 e. The molecule has 1 aliphatic rings. The SMILES string of the molecule is COP(=O)(CC(=O)CCCCC1CC1)OC. The molecule has 0 aromatic rings. The summed E-state index contributed by atoms with van der Waals surface area (Å²) in [6, 6.07) is 0. The molecule has 0 amide bonds. The molecule has 0 atom stereocenters. The van der Waals surface area contributed by atoms with Crippen molar-refractivity contribution in [3.05, 3.63) is 0 Å². The van der Waals surface area contributed by atoms with Gasteiger partial charge < -0.3 is 9.05 Å². The van der Waals surface area contributed by atoms with E-state index in [0.29, 0.717) is 6.42 Å². The first-order valence-corrected chi connectivity index (χ1v) is 7.54. The number of unbranched alkanes of at least 4 members (excludes halogenated alkanes) is 1. The fourth-order valence-electron chi connectivity index (χ4n) is 1.66. The van der Waals surface area contributed by atoms with Gasteiger partial charge in [0, 0.05) is 20.6 Å². The number of rotatable bonds is 9. The highest BCUT2D eigenvalue weighted by atomic mass is 31.2. The Morgan fingerprint density at radius 1 is 1.25 bits per heavy atom. The van der Waals surface area contributed by atoms with Gasteiger partial charge in [-0.15, -0.1) is 0 Å². The summed E-state index contributed by atoms with van der Waals surface area (Å²) in [6.45, 7) is 0. The summed E-state index contributed by atoms with van der Waals surface area (Å²) in [5.74, 6) is 0.891. The number of Topliss-reactive ketones (excluding diaryl/α,β-unsaturated/α-hetero) is 1. The van der Waals surface area contributed by atoms with Gasteiger partial charge in [0.05, 0.1) is 0 Å². The van der Waals surface area contributed by atoms with Crippen LogP contribution < -0.4 is 0 Å². The molecule has 0 aliphatic heterocycles. The van der Waals surface area contributed by atoms with Gasteiger partial charge in [0.2, 0.25) is 0 Å². The van der Waals surface area contributed by atoms with E-state index in [-0.39, 0.29) is 11.9 Å². The van der Waals surface area contributed by atoms with Gasteiger partial charge in [0.25, 0.3) is 0 Å². The highest BCUT2D eigenvalue weighted by Crippen LogP contribution is 2.46. The Balaban J connectivity index is 2.11. The third kappa shape index (κ3) is 5.24. The van der Waals surface area contributed by atoms with E-state index < -0.39 is 7.60 Å². The van der Waals surface area contributed by atoms with E-state index in [9.17, 15) is 9.36 Å². The van der Waals surface area contributed by atoms with E-state index in [2.05, 4.69) is 0 Å². The van der Waals surface area contributed by atoms with Crippen molar-refractivity contribution < 1.29 is 18.4 Å². The summed E-state index contributed by atoms with van der Waals surface area (Å²) in [5, 5.41) is 0. The van der Waals surface area contributed by atoms with Crippen LogP contribution in [0.1, 0.15) is 38.5 Å². The Hall–Kier alpha value is -0.180. The predicted molar refractivity (Wildman–Crippen MR) is 62.7 cm³/mol. The predicted octanol–water partition coefficient (Wildman–Crippen LogP) is 3.01. The number of hydrogen-bond donors (Lipinski definition) is 0. The van der Waals surface area contributed by atoms with E-state index in [4.69, 9.17) is 9.05 Å². The molecule has 1 aliphatic carbocycles. The van der Waals surface area contributed by atoms with E-state index in [1.807, 2.05) is 0 Å². The van der Waals surface area contributed by atoms with Gasteiger partial charge in [0.1, 0.15) is 11.9 Å². The highest BCUT2D eigenvalue weighted by Gasteiger charge is 2.25. The molecule has 0 saturated heterocycles. The Morgan fingerprint density at radius 2 is 1.88 bits per heavy atom. The average Bonchev–Trinajstić information content (AvgIpc) is 3.08. The van der Waals surface area contributed by atoms with Crippen LogP contribution in [0.3, 0.4) is 0 Å². The van der Waals surface area contributed by atoms with Crippen molar-refractivity contribution in [1.82, 2.24) is 0 Å². The van der Waals surface area contributed by atoms with Crippen LogP contribution in [-0.4, -0.2) is 26.2 Å². The van der Waals surface area contributed by atoms with Gasteiger partial charge in [-0.2, -0.15) is 0 Å². The Bertz CT molecular complexity index is 265. The number of ketones is 1. The summed E-state index contributed by atoms with van der Waals surface area (Å²) in [5.41, 5.74) is 0. The summed E-state index contributed by atoms with van der Waals surface area (Å²) in [7, 11) is -0.522. The van der Waals surface area contributed by atoms with E-state index in [1.165, 1.54) is 33.5 Å². The summed E-state index contributed by atoms with van der Waals surface area (Å²) in [6.07, 6.45) is 6.34. The van der Waals surface area contributed by atoms with Crippen LogP contribution in [0.5, 0.6) is 0 Å². The van der Waals surface area contributed by atoms with Gasteiger partial charge in [0.15, 0.2) is 0 Å². The Labute approximate surface area is 97.2 Å². The lowest BCUT2D eigenvalue weighted by atomic mass is 10.1. The molecule has 1 rings (SSSR count). The second kappa shape index (κ2) is 6.53. The van der Waals surface area contributed by atoms with Crippen LogP contribution in [0.15, 0.2) is 0 Å². The lowest BCUT2D eigenvalue weighted by Gasteiger charge is -2.12. The van der Waals surface area contributed by atoms with E-state index >= 15 is 0 Å². The number of carbonyl (C=O) groups is 1. The molecule has 1 saturated carbocycles.